The molecule has 0 aromatic heterocycles. The van der Waals surface area contributed by atoms with E-state index in [1.165, 1.54) is 26.9 Å². The van der Waals surface area contributed by atoms with Crippen LogP contribution in [-0.2, 0) is 0 Å². The fourth-order valence-electron chi connectivity index (χ4n) is 10.4. The van der Waals surface area contributed by atoms with Gasteiger partial charge in [-0.2, -0.15) is 0 Å². The van der Waals surface area contributed by atoms with E-state index in [1.807, 2.05) is 66.7 Å². The molecule has 0 fully saturated rings. The van der Waals surface area contributed by atoms with Crippen LogP contribution in [0.4, 0.5) is 38.5 Å². The van der Waals surface area contributed by atoms with Gasteiger partial charge in [0.15, 0.2) is 0 Å². The summed E-state index contributed by atoms with van der Waals surface area (Å²) < 4.78 is 17.5. The molecule has 11 aromatic carbocycles. The molecular formula is C60H43FN2Si. The van der Waals surface area contributed by atoms with E-state index in [0.29, 0.717) is 5.69 Å². The normalized spacial score (nSPS) is 12.7. The Morgan fingerprint density at radius 1 is 0.359 bits per heavy atom. The second-order valence-corrected chi connectivity index (χ2v) is 21.7. The molecule has 0 saturated carbocycles. The minimum Gasteiger partial charge on any atom is -0.310 e. The molecule has 1 aliphatic heterocycles. The maximum Gasteiger partial charge on any atom is 0.148 e. The minimum atomic E-state index is -1.95. The molecule has 304 valence electrons. The van der Waals surface area contributed by atoms with Crippen molar-refractivity contribution in [3.05, 3.63) is 230 Å². The van der Waals surface area contributed by atoms with Crippen LogP contribution in [0.15, 0.2) is 224 Å². The molecule has 0 bridgehead atoms. The third-order valence-corrected chi connectivity index (χ3v) is 17.0. The standard InChI is InChI=1S/C60H43FN2Si/c1-64(2)56-26-16-15-25-48(56)49-34-31-47(39-57(49)64)62(45-21-11-5-12-22-45)54-35-29-42-28-33-51-55(36-30-43-27-32-50(54)58(42)59(43)51)63(46-23-13-6-14-24-46)60-52(41-19-9-4-10-20-41)37-44(38-53(60)61)40-17-7-3-8-18-40/h3-39H,1-2H3. The maximum absolute atomic E-state index is 17.5. The van der Waals surface area contributed by atoms with Gasteiger partial charge in [0.2, 0.25) is 0 Å². The summed E-state index contributed by atoms with van der Waals surface area (Å²) in [6, 6.07) is 79.1. The fourth-order valence-corrected chi connectivity index (χ4v) is 13.5. The SMILES string of the molecule is C[Si]1(C)c2ccccc2-c2ccc(N(c3ccccc3)c3ccc4ccc5c(N(c6ccccc6)c6c(F)cc(-c7ccccc7)cc6-c6ccccc6)ccc6ccc3c4c65)cc21. The number of hydrogen-bond acceptors (Lipinski definition) is 2. The van der Waals surface area contributed by atoms with Gasteiger partial charge in [-0.05, 0) is 120 Å². The second-order valence-electron chi connectivity index (χ2n) is 17.4. The zero-order valence-corrected chi connectivity index (χ0v) is 36.6. The molecule has 0 N–H and O–H groups in total. The maximum atomic E-state index is 17.5. The fraction of sp³-hybridized carbons (Fsp3) is 0.0333. The molecule has 0 atom stereocenters. The first-order valence-corrected chi connectivity index (χ1v) is 25.0. The highest BCUT2D eigenvalue weighted by molar-refractivity contribution is 7.03. The molecule has 0 spiro atoms. The number of halogens is 1. The number of rotatable bonds is 8. The Morgan fingerprint density at radius 3 is 1.48 bits per heavy atom. The van der Waals surface area contributed by atoms with Crippen LogP contribution in [0.2, 0.25) is 13.1 Å². The topological polar surface area (TPSA) is 6.48 Å². The monoisotopic (exact) mass is 838 g/mol. The van der Waals surface area contributed by atoms with Crippen LogP contribution in [-0.4, -0.2) is 8.07 Å². The number of hydrogen-bond donors (Lipinski definition) is 0. The summed E-state index contributed by atoms with van der Waals surface area (Å²) in [6.07, 6.45) is 0. The molecule has 0 amide bonds. The molecule has 11 aromatic rings. The van der Waals surface area contributed by atoms with Crippen molar-refractivity contribution in [3.63, 3.8) is 0 Å². The van der Waals surface area contributed by atoms with Crippen LogP contribution in [0.5, 0.6) is 0 Å². The van der Waals surface area contributed by atoms with Crippen LogP contribution < -0.4 is 20.2 Å². The van der Waals surface area contributed by atoms with Crippen molar-refractivity contribution in [2.45, 2.75) is 13.1 Å². The minimum absolute atomic E-state index is 0.292. The van der Waals surface area contributed by atoms with Gasteiger partial charge in [0.05, 0.1) is 17.1 Å². The largest absolute Gasteiger partial charge is 0.310 e. The van der Waals surface area contributed by atoms with Crippen LogP contribution in [0.3, 0.4) is 0 Å². The zero-order valence-electron chi connectivity index (χ0n) is 35.6. The third-order valence-electron chi connectivity index (χ3n) is 13.4. The van der Waals surface area contributed by atoms with Crippen LogP contribution in [0.1, 0.15) is 0 Å². The van der Waals surface area contributed by atoms with E-state index in [4.69, 9.17) is 0 Å². The third kappa shape index (κ3) is 5.98. The molecule has 0 unspecified atom stereocenters. The van der Waals surface area contributed by atoms with Crippen molar-refractivity contribution >= 4 is 84.9 Å². The molecule has 1 aliphatic rings. The first-order chi connectivity index (χ1) is 31.4. The Balaban J connectivity index is 1.09. The Morgan fingerprint density at radius 2 is 0.859 bits per heavy atom. The van der Waals surface area contributed by atoms with E-state index < -0.39 is 8.07 Å². The van der Waals surface area contributed by atoms with Gasteiger partial charge in [0.1, 0.15) is 13.9 Å². The molecular weight excluding hydrogens is 796 g/mol. The lowest BCUT2D eigenvalue weighted by Crippen LogP contribution is -2.49. The number of fused-ring (bicyclic) bond motifs is 3. The van der Waals surface area contributed by atoms with E-state index in [0.717, 1.165) is 77.6 Å². The highest BCUT2D eigenvalue weighted by Crippen LogP contribution is 2.50. The number of nitrogens with zero attached hydrogens (tertiary/aromatic N) is 2. The van der Waals surface area contributed by atoms with E-state index in [9.17, 15) is 0 Å². The second kappa shape index (κ2) is 14.9. The summed E-state index contributed by atoms with van der Waals surface area (Å²) in [5, 5.41) is 9.82. The van der Waals surface area contributed by atoms with E-state index >= 15 is 4.39 Å². The van der Waals surface area contributed by atoms with Crippen molar-refractivity contribution in [2.75, 3.05) is 9.80 Å². The van der Waals surface area contributed by atoms with Crippen molar-refractivity contribution in [1.29, 1.82) is 0 Å². The quantitative estimate of drug-likeness (QED) is 0.111. The Labute approximate surface area is 374 Å². The molecule has 0 saturated heterocycles. The lowest BCUT2D eigenvalue weighted by atomic mass is 9.91. The predicted octanol–water partition coefficient (Wildman–Crippen LogP) is 15.8. The van der Waals surface area contributed by atoms with E-state index in [-0.39, 0.29) is 5.82 Å². The first-order valence-electron chi connectivity index (χ1n) is 22.0. The molecule has 64 heavy (non-hydrogen) atoms. The van der Waals surface area contributed by atoms with E-state index in [1.54, 1.807) is 6.07 Å². The number of para-hydroxylation sites is 2. The van der Waals surface area contributed by atoms with Crippen molar-refractivity contribution in [3.8, 4) is 33.4 Å². The van der Waals surface area contributed by atoms with Crippen LogP contribution in [0, 0.1) is 5.82 Å². The summed E-state index contributed by atoms with van der Waals surface area (Å²) >= 11 is 0. The van der Waals surface area contributed by atoms with Gasteiger partial charge >= 0.3 is 0 Å². The number of benzene rings is 11. The Kier molecular flexibility index (Phi) is 8.85. The average molecular weight is 839 g/mol. The van der Waals surface area contributed by atoms with Crippen LogP contribution >= 0.6 is 0 Å². The molecule has 12 rings (SSSR count). The summed E-state index contributed by atoms with van der Waals surface area (Å²) in [7, 11) is -1.95. The van der Waals surface area contributed by atoms with Gasteiger partial charge in [0, 0.05) is 33.4 Å². The highest BCUT2D eigenvalue weighted by atomic mass is 28.3. The summed E-state index contributed by atoms with van der Waals surface area (Å²) in [4.78, 5) is 4.57. The number of anilines is 6. The highest BCUT2D eigenvalue weighted by Gasteiger charge is 2.38. The van der Waals surface area contributed by atoms with Gasteiger partial charge in [-0.1, -0.05) is 177 Å². The average Bonchev–Trinajstić information content (AvgIpc) is 3.58. The summed E-state index contributed by atoms with van der Waals surface area (Å²) in [5.41, 5.74) is 11.9. The molecule has 2 nitrogen and oxygen atoms in total. The predicted molar refractivity (Wildman–Crippen MR) is 273 cm³/mol. The van der Waals surface area contributed by atoms with Crippen molar-refractivity contribution in [1.82, 2.24) is 0 Å². The molecule has 0 aliphatic carbocycles. The van der Waals surface area contributed by atoms with Crippen LogP contribution in [0.25, 0.3) is 65.7 Å². The van der Waals surface area contributed by atoms with Gasteiger partial charge in [0.25, 0.3) is 0 Å². The lowest BCUT2D eigenvalue weighted by molar-refractivity contribution is 0.630. The molecule has 0 radical (unpaired) electrons. The van der Waals surface area contributed by atoms with Gasteiger partial charge < -0.3 is 9.80 Å². The smallest absolute Gasteiger partial charge is 0.148 e. The van der Waals surface area contributed by atoms with E-state index in [2.05, 4.69) is 175 Å². The summed E-state index contributed by atoms with van der Waals surface area (Å²) in [6.45, 7) is 4.96. The lowest BCUT2D eigenvalue weighted by Gasteiger charge is -2.31. The first kappa shape index (κ1) is 37.9. The molecule has 4 heteroatoms. The summed E-state index contributed by atoms with van der Waals surface area (Å²) in [5.74, 6) is -0.292. The zero-order chi connectivity index (χ0) is 42.9. The van der Waals surface area contributed by atoms with Gasteiger partial charge in [-0.25, -0.2) is 4.39 Å². The van der Waals surface area contributed by atoms with Crippen molar-refractivity contribution in [2.24, 2.45) is 0 Å². The Hall–Kier alpha value is -7.79. The van der Waals surface area contributed by atoms with Gasteiger partial charge in [-0.3, -0.25) is 0 Å². The van der Waals surface area contributed by atoms with Gasteiger partial charge in [-0.15, -0.1) is 0 Å². The van der Waals surface area contributed by atoms with Crippen molar-refractivity contribution < 1.29 is 4.39 Å². The molecule has 1 heterocycles. The Bertz CT molecular complexity index is 3530.